The van der Waals surface area contributed by atoms with Crippen LogP contribution in [0.1, 0.15) is 43.1 Å². The molecule has 17 heavy (non-hydrogen) atoms. The first-order valence-electron chi connectivity index (χ1n) is 6.13. The van der Waals surface area contributed by atoms with Gasteiger partial charge in [0.25, 0.3) is 0 Å². The summed E-state index contributed by atoms with van der Waals surface area (Å²) in [7, 11) is 0. The molecule has 1 fully saturated rings. The summed E-state index contributed by atoms with van der Waals surface area (Å²) < 4.78 is 0. The zero-order chi connectivity index (χ0) is 12.3. The number of carbonyl (C=O) groups is 1. The van der Waals surface area contributed by atoms with Crippen LogP contribution in [0.25, 0.3) is 0 Å². The molecular weight excluding hydrogens is 216 g/mol. The Hall–Kier alpha value is -1.58. The van der Waals surface area contributed by atoms with E-state index in [0.717, 1.165) is 0 Å². The van der Waals surface area contributed by atoms with Gasteiger partial charge < -0.3 is 10.4 Å². The third-order valence-corrected chi connectivity index (χ3v) is 3.45. The van der Waals surface area contributed by atoms with E-state index in [1.807, 2.05) is 6.07 Å². The summed E-state index contributed by atoms with van der Waals surface area (Å²) in [6.07, 6.45) is 5.12. The van der Waals surface area contributed by atoms with Crippen LogP contribution in [0, 0.1) is 5.92 Å². The van der Waals surface area contributed by atoms with Crippen molar-refractivity contribution >= 4 is 11.8 Å². The molecule has 2 N–H and O–H groups in total. The van der Waals surface area contributed by atoms with Crippen LogP contribution in [0.2, 0.25) is 0 Å². The average Bonchev–Trinajstić information content (AvgIpc) is 2.82. The maximum Gasteiger partial charge on any atom is 0.354 e. The second-order valence-corrected chi connectivity index (χ2v) is 4.69. The Balaban J connectivity index is 2.02. The lowest BCUT2D eigenvalue weighted by Crippen LogP contribution is -2.24. The Bertz CT molecular complexity index is 400. The maximum absolute atomic E-state index is 10.8. The van der Waals surface area contributed by atoms with E-state index >= 15 is 0 Å². The van der Waals surface area contributed by atoms with Crippen LogP contribution in [0.15, 0.2) is 18.2 Å². The Morgan fingerprint density at radius 1 is 1.47 bits per heavy atom. The maximum atomic E-state index is 10.8. The number of aromatic nitrogens is 1. The van der Waals surface area contributed by atoms with Crippen molar-refractivity contribution in [3.8, 4) is 0 Å². The molecule has 0 radical (unpaired) electrons. The molecule has 0 amide bonds. The molecule has 4 heteroatoms. The second-order valence-electron chi connectivity index (χ2n) is 4.69. The van der Waals surface area contributed by atoms with Crippen molar-refractivity contribution in [2.75, 3.05) is 5.32 Å². The van der Waals surface area contributed by atoms with Gasteiger partial charge in [0.2, 0.25) is 0 Å². The highest BCUT2D eigenvalue weighted by Crippen LogP contribution is 2.28. The van der Waals surface area contributed by atoms with Gasteiger partial charge in [-0.15, -0.1) is 0 Å². The summed E-state index contributed by atoms with van der Waals surface area (Å²) in [5, 5.41) is 12.2. The van der Waals surface area contributed by atoms with Crippen molar-refractivity contribution in [2.24, 2.45) is 5.92 Å². The highest BCUT2D eigenvalue weighted by molar-refractivity contribution is 5.85. The molecule has 0 saturated heterocycles. The number of hydrogen-bond acceptors (Lipinski definition) is 3. The molecule has 1 aromatic rings. The number of carboxylic acids is 1. The first-order chi connectivity index (χ1) is 8.16. The predicted molar refractivity (Wildman–Crippen MR) is 66.2 cm³/mol. The van der Waals surface area contributed by atoms with Gasteiger partial charge in [-0.3, -0.25) is 0 Å². The van der Waals surface area contributed by atoms with E-state index in [1.54, 1.807) is 6.07 Å². The fourth-order valence-electron chi connectivity index (χ4n) is 2.44. The normalized spacial score (nSPS) is 17.9. The summed E-state index contributed by atoms with van der Waals surface area (Å²) in [5.41, 5.74) is 0.0913. The SMILES string of the molecule is C[C@H](Nc1cccc(C(=O)O)n1)C1CCCC1. The molecule has 92 valence electrons. The second kappa shape index (κ2) is 5.17. The van der Waals surface area contributed by atoms with Crippen LogP contribution in [0.5, 0.6) is 0 Å². The first-order valence-corrected chi connectivity index (χ1v) is 6.13. The molecule has 0 aromatic carbocycles. The van der Waals surface area contributed by atoms with E-state index in [2.05, 4.69) is 17.2 Å². The van der Waals surface area contributed by atoms with Gasteiger partial charge in [-0.1, -0.05) is 18.9 Å². The number of anilines is 1. The van der Waals surface area contributed by atoms with E-state index < -0.39 is 5.97 Å². The molecule has 0 bridgehead atoms. The van der Waals surface area contributed by atoms with Gasteiger partial charge in [0.15, 0.2) is 5.69 Å². The molecular formula is C13H18N2O2. The smallest absolute Gasteiger partial charge is 0.354 e. The molecule has 1 atom stereocenters. The van der Waals surface area contributed by atoms with Crippen LogP contribution in [-0.2, 0) is 0 Å². The van der Waals surface area contributed by atoms with Crippen molar-refractivity contribution in [1.82, 2.24) is 4.98 Å². The molecule has 1 saturated carbocycles. The fraction of sp³-hybridized carbons (Fsp3) is 0.538. The molecule has 4 nitrogen and oxygen atoms in total. The van der Waals surface area contributed by atoms with Gasteiger partial charge in [-0.05, 0) is 37.8 Å². The Morgan fingerprint density at radius 2 is 2.18 bits per heavy atom. The van der Waals surface area contributed by atoms with E-state index in [-0.39, 0.29) is 5.69 Å². The number of nitrogens with one attached hydrogen (secondary N) is 1. The quantitative estimate of drug-likeness (QED) is 0.840. The molecule has 0 spiro atoms. The van der Waals surface area contributed by atoms with Gasteiger partial charge in [-0.2, -0.15) is 0 Å². The standard InChI is InChI=1S/C13H18N2O2/c1-9(10-5-2-3-6-10)14-12-8-4-7-11(15-12)13(16)17/h4,7-10H,2-3,5-6H2,1H3,(H,14,15)(H,16,17)/t9-/m0/s1. The summed E-state index contributed by atoms with van der Waals surface area (Å²) in [5.74, 6) is 0.358. The van der Waals surface area contributed by atoms with Crippen LogP contribution in [-0.4, -0.2) is 22.1 Å². The predicted octanol–water partition coefficient (Wildman–Crippen LogP) is 2.77. The monoisotopic (exact) mass is 234 g/mol. The van der Waals surface area contributed by atoms with E-state index in [1.165, 1.54) is 31.7 Å². The molecule has 0 unspecified atom stereocenters. The summed E-state index contributed by atoms with van der Waals surface area (Å²) >= 11 is 0. The minimum Gasteiger partial charge on any atom is -0.477 e. The average molecular weight is 234 g/mol. The van der Waals surface area contributed by atoms with Crippen LogP contribution in [0.3, 0.4) is 0 Å². The van der Waals surface area contributed by atoms with E-state index in [4.69, 9.17) is 5.11 Å². The van der Waals surface area contributed by atoms with Crippen molar-refractivity contribution in [1.29, 1.82) is 0 Å². The lowest BCUT2D eigenvalue weighted by molar-refractivity contribution is 0.0690. The Morgan fingerprint density at radius 3 is 2.82 bits per heavy atom. The van der Waals surface area contributed by atoms with Crippen molar-refractivity contribution in [3.05, 3.63) is 23.9 Å². The molecule has 0 aliphatic heterocycles. The van der Waals surface area contributed by atoms with Crippen molar-refractivity contribution < 1.29 is 9.90 Å². The Labute approximate surface area is 101 Å². The number of hydrogen-bond donors (Lipinski definition) is 2. The highest BCUT2D eigenvalue weighted by atomic mass is 16.4. The van der Waals surface area contributed by atoms with Gasteiger partial charge >= 0.3 is 5.97 Å². The zero-order valence-corrected chi connectivity index (χ0v) is 10.0. The molecule has 1 heterocycles. The van der Waals surface area contributed by atoms with Crippen LogP contribution >= 0.6 is 0 Å². The van der Waals surface area contributed by atoms with Gasteiger partial charge in [0.05, 0.1) is 0 Å². The lowest BCUT2D eigenvalue weighted by atomic mass is 10.00. The minimum atomic E-state index is -0.984. The first kappa shape index (κ1) is 11.9. The summed E-state index contributed by atoms with van der Waals surface area (Å²) in [4.78, 5) is 14.9. The van der Waals surface area contributed by atoms with Gasteiger partial charge in [0.1, 0.15) is 5.82 Å². The minimum absolute atomic E-state index is 0.0913. The summed E-state index contributed by atoms with van der Waals surface area (Å²) in [6, 6.07) is 5.40. The number of nitrogens with zero attached hydrogens (tertiary/aromatic N) is 1. The van der Waals surface area contributed by atoms with Crippen LogP contribution < -0.4 is 5.32 Å². The molecule has 1 aromatic heterocycles. The largest absolute Gasteiger partial charge is 0.477 e. The van der Waals surface area contributed by atoms with E-state index in [9.17, 15) is 4.79 Å². The van der Waals surface area contributed by atoms with Crippen molar-refractivity contribution in [2.45, 2.75) is 38.6 Å². The van der Waals surface area contributed by atoms with E-state index in [0.29, 0.717) is 17.8 Å². The third-order valence-electron chi connectivity index (χ3n) is 3.45. The molecule has 1 aliphatic carbocycles. The van der Waals surface area contributed by atoms with Crippen LogP contribution in [0.4, 0.5) is 5.82 Å². The van der Waals surface area contributed by atoms with Gasteiger partial charge in [0, 0.05) is 6.04 Å². The summed E-state index contributed by atoms with van der Waals surface area (Å²) in [6.45, 7) is 2.14. The van der Waals surface area contributed by atoms with Crippen molar-refractivity contribution in [3.63, 3.8) is 0 Å². The number of pyridine rings is 1. The third kappa shape index (κ3) is 2.96. The molecule has 1 aliphatic rings. The van der Waals surface area contributed by atoms with Gasteiger partial charge in [-0.25, -0.2) is 9.78 Å². The molecule has 2 rings (SSSR count). The fourth-order valence-corrected chi connectivity index (χ4v) is 2.44. The Kier molecular flexibility index (Phi) is 3.61. The lowest BCUT2D eigenvalue weighted by Gasteiger charge is -2.20. The zero-order valence-electron chi connectivity index (χ0n) is 10.0. The number of rotatable bonds is 4. The number of aromatic carboxylic acids is 1. The number of carboxylic acid groups (broad SMARTS) is 1. The topological polar surface area (TPSA) is 62.2 Å². The highest BCUT2D eigenvalue weighted by Gasteiger charge is 2.21.